The van der Waals surface area contributed by atoms with Crippen LogP contribution in [0.4, 0.5) is 11.9 Å². The Morgan fingerprint density at radius 3 is 2.29 bits per heavy atom. The summed E-state index contributed by atoms with van der Waals surface area (Å²) in [5.41, 5.74) is 2.90. The number of anilines is 2. The number of amides is 1. The predicted octanol–water partition coefficient (Wildman–Crippen LogP) is 3.84. The van der Waals surface area contributed by atoms with Gasteiger partial charge in [0.2, 0.25) is 11.9 Å². The highest BCUT2D eigenvalue weighted by atomic mass is 16.5. The van der Waals surface area contributed by atoms with Gasteiger partial charge in [-0.05, 0) is 69.7 Å². The van der Waals surface area contributed by atoms with E-state index in [-0.39, 0.29) is 25.1 Å². The van der Waals surface area contributed by atoms with Gasteiger partial charge in [-0.1, -0.05) is 23.4 Å². The maximum absolute atomic E-state index is 14.0. The van der Waals surface area contributed by atoms with Gasteiger partial charge in [0.1, 0.15) is 18.0 Å². The molecule has 0 bridgehead atoms. The Bertz CT molecular complexity index is 2090. The molecule has 7 heterocycles. The van der Waals surface area contributed by atoms with Gasteiger partial charge in [-0.2, -0.15) is 19.6 Å². The van der Waals surface area contributed by atoms with Crippen LogP contribution >= 0.6 is 0 Å². The summed E-state index contributed by atoms with van der Waals surface area (Å²) >= 11 is 0. The molecule has 3 fully saturated rings. The van der Waals surface area contributed by atoms with Gasteiger partial charge >= 0.3 is 5.97 Å². The fourth-order valence-corrected chi connectivity index (χ4v) is 7.65. The molecule has 0 atom stereocenters. The number of nitrogens with zero attached hydrogens (tertiary/aromatic N) is 11. The van der Waals surface area contributed by atoms with Crippen LogP contribution in [0.2, 0.25) is 0 Å². The highest BCUT2D eigenvalue weighted by Gasteiger charge is 2.44. The molecule has 16 heteroatoms. The molecule has 3 aliphatic rings. The van der Waals surface area contributed by atoms with Crippen molar-refractivity contribution in [3.8, 4) is 11.7 Å². The topological polar surface area (TPSA) is 158 Å². The summed E-state index contributed by atoms with van der Waals surface area (Å²) in [6.07, 6.45) is 10.1. The number of carbonyl (C=O) groups is 2. The van der Waals surface area contributed by atoms with Crippen molar-refractivity contribution in [2.24, 2.45) is 5.41 Å². The van der Waals surface area contributed by atoms with Crippen LogP contribution in [0.15, 0.2) is 55.0 Å². The van der Waals surface area contributed by atoms with Crippen molar-refractivity contribution >= 4 is 29.4 Å². The zero-order valence-electron chi connectivity index (χ0n) is 31.5. The number of likely N-dealkylation sites (tertiary alicyclic amines) is 1. The molecular weight excluding hydrogens is 703 g/mol. The summed E-state index contributed by atoms with van der Waals surface area (Å²) in [6.45, 7) is 9.38. The summed E-state index contributed by atoms with van der Waals surface area (Å²) in [6, 6.07) is 11.3. The molecule has 1 aromatic carbocycles. The van der Waals surface area contributed by atoms with Gasteiger partial charge in [0.05, 0.1) is 48.4 Å². The molecule has 1 amide bonds. The Balaban J connectivity index is 0.978. The second kappa shape index (κ2) is 16.0. The minimum atomic E-state index is -0.887. The number of piperidine rings is 2. The van der Waals surface area contributed by atoms with Crippen molar-refractivity contribution in [3.63, 3.8) is 0 Å². The first-order valence-electron chi connectivity index (χ1n) is 19.3. The van der Waals surface area contributed by atoms with E-state index in [1.165, 1.54) is 6.42 Å². The van der Waals surface area contributed by atoms with E-state index in [0.717, 1.165) is 42.8 Å². The number of ether oxygens (including phenoxy) is 3. The lowest BCUT2D eigenvalue weighted by Crippen LogP contribution is -2.48. The number of rotatable bonds is 11. The number of para-hydroxylation sites is 1. The van der Waals surface area contributed by atoms with Crippen LogP contribution in [0.1, 0.15) is 66.3 Å². The van der Waals surface area contributed by atoms with Crippen LogP contribution in [0.25, 0.3) is 11.6 Å². The molecule has 3 saturated heterocycles. The van der Waals surface area contributed by atoms with Gasteiger partial charge in [0, 0.05) is 58.1 Å². The molecule has 0 saturated carbocycles. The Labute approximate surface area is 319 Å². The minimum absolute atomic E-state index is 0.153. The third-order valence-electron chi connectivity index (χ3n) is 10.7. The standard InChI is InChI=1S/C39H47N11O5/c1-3-54-35(52)39(24-29-26-50(45-44-29)38-42-36(47-15-7-4-8-16-47)41-37(43-38)48-20-22-53-23-21-48)13-18-46(19-14-39)34(51)31-11-5-6-12-32(31)55-27-30-25-49-17-9-10-28(2)33(49)40-30/h5-6,9-12,17,25-26H,3-4,7-8,13-16,18-24,27H2,1-2H3. The van der Waals surface area contributed by atoms with Gasteiger partial charge < -0.3 is 33.3 Å². The van der Waals surface area contributed by atoms with E-state index >= 15 is 0 Å². The van der Waals surface area contributed by atoms with E-state index in [4.69, 9.17) is 34.1 Å². The van der Waals surface area contributed by atoms with Crippen LogP contribution in [0, 0.1) is 12.3 Å². The monoisotopic (exact) mass is 749 g/mol. The molecule has 55 heavy (non-hydrogen) atoms. The van der Waals surface area contributed by atoms with Crippen molar-refractivity contribution in [2.75, 3.05) is 68.9 Å². The van der Waals surface area contributed by atoms with E-state index in [2.05, 4.69) is 20.1 Å². The maximum atomic E-state index is 14.0. The van der Waals surface area contributed by atoms with Crippen molar-refractivity contribution in [2.45, 2.75) is 59.0 Å². The first-order valence-corrected chi connectivity index (χ1v) is 19.3. The molecule has 16 nitrogen and oxygen atoms in total. The maximum Gasteiger partial charge on any atom is 0.312 e. The number of esters is 1. The number of imidazole rings is 1. The first kappa shape index (κ1) is 36.3. The molecule has 3 aliphatic heterocycles. The zero-order valence-corrected chi connectivity index (χ0v) is 31.5. The van der Waals surface area contributed by atoms with Crippen LogP contribution in [-0.4, -0.2) is 115 Å². The number of aryl methyl sites for hydroxylation is 1. The second-order valence-electron chi connectivity index (χ2n) is 14.4. The Kier molecular flexibility index (Phi) is 10.6. The Morgan fingerprint density at radius 1 is 0.818 bits per heavy atom. The van der Waals surface area contributed by atoms with E-state index < -0.39 is 5.41 Å². The third kappa shape index (κ3) is 7.81. The van der Waals surface area contributed by atoms with Gasteiger partial charge in [0.25, 0.3) is 11.9 Å². The molecular formula is C39H47N11O5. The van der Waals surface area contributed by atoms with Gasteiger partial charge in [-0.3, -0.25) is 9.59 Å². The zero-order chi connectivity index (χ0) is 37.8. The number of aromatic nitrogens is 8. The molecule has 0 unspecified atom stereocenters. The lowest BCUT2D eigenvalue weighted by atomic mass is 9.74. The summed E-state index contributed by atoms with van der Waals surface area (Å²) in [5, 5.41) is 8.91. The number of morpholine rings is 1. The number of hydrogen-bond acceptors (Lipinski definition) is 13. The largest absolute Gasteiger partial charge is 0.486 e. The smallest absolute Gasteiger partial charge is 0.312 e. The SMILES string of the molecule is CCOC(=O)C1(Cc2cn(-c3nc(N4CCCCC4)nc(N4CCOCC4)n3)nn2)CCN(C(=O)c2ccccc2OCc2cn3cccc(C)c3n2)CC1. The number of benzene rings is 1. The number of pyridine rings is 1. The fourth-order valence-electron chi connectivity index (χ4n) is 7.65. The Hall–Kier alpha value is -5.64. The summed E-state index contributed by atoms with van der Waals surface area (Å²) < 4.78 is 20.9. The lowest BCUT2D eigenvalue weighted by Gasteiger charge is -2.39. The Morgan fingerprint density at radius 2 is 1.55 bits per heavy atom. The summed E-state index contributed by atoms with van der Waals surface area (Å²) in [5.74, 6) is 1.62. The van der Waals surface area contributed by atoms with Crippen LogP contribution < -0.4 is 14.5 Å². The third-order valence-corrected chi connectivity index (χ3v) is 10.7. The summed E-state index contributed by atoms with van der Waals surface area (Å²) in [4.78, 5) is 52.9. The van der Waals surface area contributed by atoms with Gasteiger partial charge in [-0.25, -0.2) is 4.98 Å². The van der Waals surface area contributed by atoms with E-state index in [1.54, 1.807) is 34.8 Å². The molecule has 0 aliphatic carbocycles. The summed E-state index contributed by atoms with van der Waals surface area (Å²) in [7, 11) is 0. The molecule has 288 valence electrons. The number of hydrogen-bond donors (Lipinski definition) is 0. The average molecular weight is 750 g/mol. The molecule has 0 N–H and O–H groups in total. The van der Waals surface area contributed by atoms with Crippen LogP contribution in [0.5, 0.6) is 5.75 Å². The quantitative estimate of drug-likeness (QED) is 0.180. The van der Waals surface area contributed by atoms with E-state index in [0.29, 0.717) is 93.5 Å². The van der Waals surface area contributed by atoms with Crippen molar-refractivity contribution in [1.29, 1.82) is 0 Å². The predicted molar refractivity (Wildman–Crippen MR) is 202 cm³/mol. The van der Waals surface area contributed by atoms with E-state index in [1.807, 2.05) is 48.0 Å². The highest BCUT2D eigenvalue weighted by molar-refractivity contribution is 5.97. The van der Waals surface area contributed by atoms with Crippen molar-refractivity contribution < 1.29 is 23.8 Å². The number of carbonyl (C=O) groups excluding carboxylic acids is 2. The molecule has 4 aromatic heterocycles. The van der Waals surface area contributed by atoms with Crippen molar-refractivity contribution in [1.82, 2.24) is 44.2 Å². The van der Waals surface area contributed by atoms with Crippen LogP contribution in [0.3, 0.4) is 0 Å². The molecule has 0 spiro atoms. The van der Waals surface area contributed by atoms with E-state index in [9.17, 15) is 9.59 Å². The first-order chi connectivity index (χ1) is 26.9. The van der Waals surface area contributed by atoms with Crippen molar-refractivity contribution in [3.05, 3.63) is 77.5 Å². The van der Waals surface area contributed by atoms with Crippen LogP contribution in [-0.2, 0) is 27.3 Å². The molecule has 8 rings (SSSR count). The highest BCUT2D eigenvalue weighted by Crippen LogP contribution is 2.37. The fraction of sp³-hybridized carbons (Fsp3) is 0.487. The average Bonchev–Trinajstić information content (AvgIpc) is 3.89. The molecule has 0 radical (unpaired) electrons. The number of fused-ring (bicyclic) bond motifs is 1. The molecule has 5 aromatic rings. The lowest BCUT2D eigenvalue weighted by molar-refractivity contribution is -0.158. The minimum Gasteiger partial charge on any atom is -0.486 e. The van der Waals surface area contributed by atoms with Gasteiger partial charge in [-0.15, -0.1) is 5.10 Å². The second-order valence-corrected chi connectivity index (χ2v) is 14.4. The normalized spacial score (nSPS) is 17.4. The van der Waals surface area contributed by atoms with Gasteiger partial charge in [0.15, 0.2) is 0 Å².